The molecule has 0 aromatic heterocycles. The molecule has 1 nitrogen and oxygen atoms in total. The summed E-state index contributed by atoms with van der Waals surface area (Å²) in [5.74, 6) is 0. The molecule has 2 rings (SSSR count). The van der Waals surface area contributed by atoms with Crippen molar-refractivity contribution in [3.8, 4) is 0 Å². The van der Waals surface area contributed by atoms with Crippen LogP contribution in [-0.4, -0.2) is 6.67 Å². The van der Waals surface area contributed by atoms with E-state index in [4.69, 9.17) is 1.12 Å². The molecule has 1 aliphatic rings. The topological polar surface area (TPSA) is 12.4 Å². The van der Waals surface area contributed by atoms with Gasteiger partial charge in [0.25, 0.3) is 0 Å². The summed E-state index contributed by atoms with van der Waals surface area (Å²) >= 11 is -0.823. The Morgan fingerprint density at radius 1 is 1.44 bits per heavy atom. The predicted molar refractivity (Wildman–Crippen MR) is 43.2 cm³/mol. The quantitative estimate of drug-likeness (QED) is 0.519. The van der Waals surface area contributed by atoms with E-state index in [9.17, 15) is 0 Å². The van der Waals surface area contributed by atoms with Crippen LogP contribution < -0.4 is 0 Å². The van der Waals surface area contributed by atoms with Gasteiger partial charge < -0.3 is 0 Å². The van der Waals surface area contributed by atoms with Gasteiger partial charge in [-0.2, -0.15) is 0 Å². The van der Waals surface area contributed by atoms with E-state index < -0.39 is 11.7 Å². The molecule has 0 spiro atoms. The Morgan fingerprint density at radius 2 is 2.33 bits per heavy atom. The minimum Gasteiger partial charge on any atom is -0.251 e. The second kappa shape index (κ2) is 1.88. The molecule has 0 fully saturated rings. The summed E-state index contributed by atoms with van der Waals surface area (Å²) in [5.41, 5.74) is 2.70. The molecule has 2 heteroatoms. The molecule has 1 atom stereocenters. The zero-order chi connectivity index (χ0) is 6.97. The zero-order valence-corrected chi connectivity index (χ0v) is 5.68. The molecule has 0 bridgehead atoms. The number of hydrogen-bond acceptors (Lipinski definition) is 1. The molecular formula is C7H7NS. The van der Waals surface area contributed by atoms with Gasteiger partial charge in [0.05, 0.1) is 6.81 Å². The first-order valence-electron chi connectivity index (χ1n) is 3.24. The lowest BCUT2D eigenvalue weighted by molar-refractivity contribution is 1.41. The van der Waals surface area contributed by atoms with E-state index in [2.05, 4.69) is 4.99 Å². The van der Waals surface area contributed by atoms with Crippen LogP contribution in [0.3, 0.4) is 0 Å². The number of aliphatic imine (C=N–C) groups is 1. The maximum atomic E-state index is 7.53. The summed E-state index contributed by atoms with van der Waals surface area (Å²) in [5, 5.41) is 0. The van der Waals surface area contributed by atoms with Gasteiger partial charge in [-0.3, -0.25) is 4.99 Å². The fourth-order valence-corrected chi connectivity index (χ4v) is 1.58. The summed E-state index contributed by atoms with van der Waals surface area (Å²) in [4.78, 5) is 5.18. The van der Waals surface area contributed by atoms with Crippen molar-refractivity contribution in [3.05, 3.63) is 24.3 Å². The van der Waals surface area contributed by atoms with Crippen LogP contribution in [0.1, 0.15) is 0 Å². The predicted octanol–water partition coefficient (Wildman–Crippen LogP) is 1.92. The van der Waals surface area contributed by atoms with Crippen molar-refractivity contribution < 1.29 is 0 Å². The number of benzene rings is 1. The highest BCUT2D eigenvalue weighted by Gasteiger charge is 2.00. The maximum absolute atomic E-state index is 7.53. The third kappa shape index (κ3) is 0.754. The van der Waals surface area contributed by atoms with E-state index in [1.807, 2.05) is 24.3 Å². The van der Waals surface area contributed by atoms with Crippen LogP contribution in [-0.2, 0) is 0 Å². The SMILES string of the molecule is [2H][SH]1C=Nc2ccccc21. The molecule has 1 aromatic carbocycles. The monoisotopic (exact) mass is 138 g/mol. The normalized spacial score (nSPS) is 27.6. The number of fused-ring (bicyclic) bond motifs is 1. The average Bonchev–Trinajstić information content (AvgIpc) is 2.34. The fraction of sp³-hybridized carbons (Fsp3) is 0. The van der Waals surface area contributed by atoms with Crippen molar-refractivity contribution in [2.75, 3.05) is 0 Å². The van der Waals surface area contributed by atoms with Gasteiger partial charge >= 0.3 is 0 Å². The first-order chi connectivity index (χ1) is 4.88. The van der Waals surface area contributed by atoms with Gasteiger partial charge in [0.1, 0.15) is 0 Å². The molecule has 0 radical (unpaired) electrons. The van der Waals surface area contributed by atoms with Crippen molar-refractivity contribution in [2.45, 2.75) is 4.90 Å². The van der Waals surface area contributed by atoms with E-state index in [1.165, 1.54) is 0 Å². The second-order valence-corrected chi connectivity index (χ2v) is 2.83. The fourth-order valence-electron chi connectivity index (χ4n) is 0.836. The number of rotatable bonds is 0. The number of hydrogen-bond donors (Lipinski definition) is 0. The highest BCUT2D eigenvalue weighted by atomic mass is 32.2. The van der Waals surface area contributed by atoms with Gasteiger partial charge in [0.15, 0.2) is 0 Å². The van der Waals surface area contributed by atoms with E-state index in [1.54, 1.807) is 5.55 Å². The van der Waals surface area contributed by atoms with Gasteiger partial charge in [0.2, 0.25) is 0 Å². The first kappa shape index (κ1) is 4.12. The Bertz CT molecular complexity index is 285. The third-order valence-electron chi connectivity index (χ3n) is 1.28. The zero-order valence-electron chi connectivity index (χ0n) is 5.78. The van der Waals surface area contributed by atoms with E-state index >= 15 is 0 Å². The molecule has 0 saturated carbocycles. The van der Waals surface area contributed by atoms with Gasteiger partial charge in [-0.15, -0.1) is 0 Å². The largest absolute Gasteiger partial charge is 0.251 e. The number of nitrogens with zero attached hydrogens (tertiary/aromatic N) is 1. The molecule has 1 unspecified atom stereocenters. The van der Waals surface area contributed by atoms with Gasteiger partial charge in [-0.05, 0) is 12.1 Å². The summed E-state index contributed by atoms with van der Waals surface area (Å²) in [6.07, 6.45) is 0. The Labute approximate surface area is 58.9 Å². The Hall–Kier alpha value is -0.760. The smallest absolute Gasteiger partial charge is 0.0898 e. The Kier molecular flexibility index (Phi) is 0.861. The summed E-state index contributed by atoms with van der Waals surface area (Å²) < 4.78 is 7.53. The molecule has 1 aliphatic heterocycles. The van der Waals surface area contributed by atoms with Crippen LogP contribution in [0.5, 0.6) is 0 Å². The molecule has 1 heterocycles. The lowest BCUT2D eigenvalue weighted by Gasteiger charge is -1.92. The van der Waals surface area contributed by atoms with Crippen LogP contribution in [0.2, 0.25) is 0 Å². The average molecular weight is 138 g/mol. The summed E-state index contributed by atoms with van der Waals surface area (Å²) in [6.45, 7) is 0. The van der Waals surface area contributed by atoms with Gasteiger partial charge in [0, 0.05) is 10.4 Å². The Balaban J connectivity index is 2.59. The molecule has 0 aliphatic carbocycles. The third-order valence-corrected chi connectivity index (χ3v) is 2.16. The van der Waals surface area contributed by atoms with Crippen molar-refractivity contribution >= 4 is 22.9 Å². The lowest BCUT2D eigenvalue weighted by Crippen LogP contribution is -1.62. The molecule has 1 aromatic rings. The minimum absolute atomic E-state index is 0.823. The van der Waals surface area contributed by atoms with Gasteiger partial charge in [-0.25, -0.2) is 11.7 Å². The first-order valence-corrected chi connectivity index (χ1v) is 3.75. The van der Waals surface area contributed by atoms with Crippen LogP contribution >= 0.6 is 11.7 Å². The molecule has 0 saturated heterocycles. The van der Waals surface area contributed by atoms with Crippen molar-refractivity contribution in [3.63, 3.8) is 0 Å². The standard InChI is InChI=1S/C7H7NS/c1-2-4-7-6(3-1)8-5-9-7/h1-5H,9H2/i9D. The van der Waals surface area contributed by atoms with Crippen molar-refractivity contribution in [1.29, 1.82) is 1.12 Å². The summed E-state index contributed by atoms with van der Waals surface area (Å²) in [6, 6.07) is 7.83. The van der Waals surface area contributed by atoms with Crippen LogP contribution in [0, 0.1) is 0 Å². The van der Waals surface area contributed by atoms with E-state index in [0.29, 0.717) is 0 Å². The highest BCUT2D eigenvalue weighted by Crippen LogP contribution is 2.32. The Morgan fingerprint density at radius 3 is 3.22 bits per heavy atom. The van der Waals surface area contributed by atoms with Crippen LogP contribution in [0.4, 0.5) is 5.69 Å². The van der Waals surface area contributed by atoms with Crippen molar-refractivity contribution in [1.82, 2.24) is 0 Å². The second-order valence-electron chi connectivity index (χ2n) is 1.86. The molecule has 9 heavy (non-hydrogen) atoms. The van der Waals surface area contributed by atoms with Crippen molar-refractivity contribution in [2.24, 2.45) is 4.99 Å². The van der Waals surface area contributed by atoms with E-state index in [0.717, 1.165) is 10.6 Å². The molecule has 46 valence electrons. The number of para-hydroxylation sites is 1. The molecule has 0 amide bonds. The minimum atomic E-state index is -0.823. The molecule has 0 N–H and O–H groups in total. The van der Waals surface area contributed by atoms with Gasteiger partial charge in [-0.1, -0.05) is 12.1 Å². The summed E-state index contributed by atoms with van der Waals surface area (Å²) in [7, 11) is 0. The van der Waals surface area contributed by atoms with Crippen LogP contribution in [0.15, 0.2) is 34.2 Å². The lowest BCUT2D eigenvalue weighted by atomic mass is 10.3. The highest BCUT2D eigenvalue weighted by molar-refractivity contribution is 8.12. The maximum Gasteiger partial charge on any atom is 0.0898 e. The molecular weight excluding hydrogens is 130 g/mol. The van der Waals surface area contributed by atoms with Crippen LogP contribution in [0.25, 0.3) is 0 Å². The van der Waals surface area contributed by atoms with E-state index in [-0.39, 0.29) is 0 Å².